The van der Waals surface area contributed by atoms with Gasteiger partial charge in [-0.1, -0.05) is 0 Å². The van der Waals surface area contributed by atoms with Crippen molar-refractivity contribution >= 4 is 28.3 Å². The van der Waals surface area contributed by atoms with E-state index in [4.69, 9.17) is 24.4 Å². The lowest BCUT2D eigenvalue weighted by Gasteiger charge is -2.46. The van der Waals surface area contributed by atoms with Gasteiger partial charge < -0.3 is 39.9 Å². The zero-order valence-corrected chi connectivity index (χ0v) is 19.8. The number of amides is 1. The van der Waals surface area contributed by atoms with Crippen LogP contribution in [0, 0.1) is 6.92 Å². The zero-order valence-electron chi connectivity index (χ0n) is 19.8. The maximum atomic E-state index is 12.6. The Bertz CT molecular complexity index is 1300. The van der Waals surface area contributed by atoms with E-state index in [2.05, 4.69) is 5.32 Å². The molecular weight excluding hydrogens is 456 g/mol. The molecule has 1 aliphatic heterocycles. The topological polar surface area (TPSA) is 153 Å². The number of nitrogens with two attached hydrogens (primary N) is 1. The molecule has 0 bridgehead atoms. The summed E-state index contributed by atoms with van der Waals surface area (Å²) in [6, 6.07) is 11.1. The number of hydrogen-bond acceptors (Lipinski definition) is 9. The standard InChI is InChI=1S/C25H28N2O8/c1-12-17(33-24-19(29)18(28)21(32-4)25(2,3)35-24)10-7-14-11-16(23(31)34-20(12)14)27-22(30)13-5-8-15(26)9-6-13/h5-11,18-19,21,24,28-29H,26H2,1-4H3,(H,27,30)/t18-,19+,21+,24+/m0/s1. The summed E-state index contributed by atoms with van der Waals surface area (Å²) in [5.41, 5.74) is 5.53. The summed E-state index contributed by atoms with van der Waals surface area (Å²) < 4.78 is 22.5. The van der Waals surface area contributed by atoms with Crippen molar-refractivity contribution < 1.29 is 33.6 Å². The van der Waals surface area contributed by atoms with E-state index in [1.807, 2.05) is 0 Å². The second-order valence-corrected chi connectivity index (χ2v) is 8.98. The van der Waals surface area contributed by atoms with Gasteiger partial charge in [-0.2, -0.15) is 0 Å². The summed E-state index contributed by atoms with van der Waals surface area (Å²) in [7, 11) is 1.43. The number of fused-ring (bicyclic) bond motifs is 1. The Balaban J connectivity index is 1.59. The van der Waals surface area contributed by atoms with Crippen molar-refractivity contribution in [3.8, 4) is 5.75 Å². The van der Waals surface area contributed by atoms with Gasteiger partial charge >= 0.3 is 5.63 Å². The number of nitrogen functional groups attached to an aromatic ring is 1. The monoisotopic (exact) mass is 484 g/mol. The third-order valence-electron chi connectivity index (χ3n) is 6.06. The molecule has 1 aromatic heterocycles. The second-order valence-electron chi connectivity index (χ2n) is 8.98. The molecule has 0 aliphatic carbocycles. The van der Waals surface area contributed by atoms with E-state index in [1.165, 1.54) is 13.2 Å². The number of anilines is 2. The van der Waals surface area contributed by atoms with Crippen molar-refractivity contribution in [1.29, 1.82) is 0 Å². The molecule has 4 atom stereocenters. The number of carbonyl (C=O) groups excluding carboxylic acids is 1. The van der Waals surface area contributed by atoms with Gasteiger partial charge in [0.05, 0.1) is 5.60 Å². The van der Waals surface area contributed by atoms with Crippen LogP contribution in [-0.4, -0.2) is 53.4 Å². The molecule has 0 spiro atoms. The van der Waals surface area contributed by atoms with Gasteiger partial charge in [0.25, 0.3) is 5.91 Å². The lowest BCUT2D eigenvalue weighted by Crippen LogP contribution is -2.63. The minimum absolute atomic E-state index is 0.0195. The van der Waals surface area contributed by atoms with Crippen molar-refractivity contribution in [1.82, 2.24) is 0 Å². The molecule has 10 nitrogen and oxygen atoms in total. The molecule has 3 aromatic rings. The molecule has 0 radical (unpaired) electrons. The van der Waals surface area contributed by atoms with Gasteiger partial charge in [-0.05, 0) is 63.2 Å². The predicted molar refractivity (Wildman–Crippen MR) is 128 cm³/mol. The van der Waals surface area contributed by atoms with Gasteiger partial charge in [-0.3, -0.25) is 4.79 Å². The quantitative estimate of drug-likeness (QED) is 0.315. The molecule has 0 saturated carbocycles. The van der Waals surface area contributed by atoms with Crippen LogP contribution in [0.25, 0.3) is 11.0 Å². The smallest absolute Gasteiger partial charge is 0.360 e. The molecule has 0 unspecified atom stereocenters. The minimum atomic E-state index is -1.37. The fraction of sp³-hybridized carbons (Fsp3) is 0.360. The number of nitrogens with one attached hydrogen (secondary N) is 1. The van der Waals surface area contributed by atoms with Crippen LogP contribution in [0.5, 0.6) is 5.75 Å². The molecule has 4 rings (SSSR count). The van der Waals surface area contributed by atoms with Crippen LogP contribution in [0.1, 0.15) is 29.8 Å². The van der Waals surface area contributed by atoms with Crippen molar-refractivity contribution in [2.45, 2.75) is 51.0 Å². The van der Waals surface area contributed by atoms with Crippen molar-refractivity contribution in [2.75, 3.05) is 18.2 Å². The largest absolute Gasteiger partial charge is 0.462 e. The number of hydrogen-bond donors (Lipinski definition) is 4. The molecule has 1 amide bonds. The van der Waals surface area contributed by atoms with Gasteiger partial charge in [0.15, 0.2) is 0 Å². The first kappa shape index (κ1) is 24.7. The number of aliphatic hydroxyl groups excluding tert-OH is 2. The van der Waals surface area contributed by atoms with Gasteiger partial charge in [-0.15, -0.1) is 0 Å². The molecular formula is C25H28N2O8. The molecule has 1 saturated heterocycles. The highest BCUT2D eigenvalue weighted by molar-refractivity contribution is 6.05. The zero-order chi connectivity index (χ0) is 25.5. The van der Waals surface area contributed by atoms with Crippen LogP contribution in [-0.2, 0) is 9.47 Å². The van der Waals surface area contributed by atoms with Gasteiger partial charge in [0, 0.05) is 29.3 Å². The van der Waals surface area contributed by atoms with E-state index in [1.54, 1.807) is 57.2 Å². The highest BCUT2D eigenvalue weighted by Crippen LogP contribution is 2.35. The van der Waals surface area contributed by atoms with E-state index in [0.717, 1.165) is 0 Å². The highest BCUT2D eigenvalue weighted by Gasteiger charge is 2.50. The van der Waals surface area contributed by atoms with Crippen LogP contribution in [0.15, 0.2) is 51.7 Å². The van der Waals surface area contributed by atoms with Gasteiger partial charge in [-0.25, -0.2) is 4.79 Å². The first-order chi connectivity index (χ1) is 16.5. The van der Waals surface area contributed by atoms with Crippen LogP contribution in [0.3, 0.4) is 0 Å². The van der Waals surface area contributed by atoms with Crippen LogP contribution in [0.2, 0.25) is 0 Å². The Morgan fingerprint density at radius 3 is 2.46 bits per heavy atom. The molecule has 2 aromatic carbocycles. The average Bonchev–Trinajstić information content (AvgIpc) is 2.80. The lowest BCUT2D eigenvalue weighted by molar-refractivity contribution is -0.306. The Morgan fingerprint density at radius 1 is 1.11 bits per heavy atom. The third-order valence-corrected chi connectivity index (χ3v) is 6.06. The first-order valence-electron chi connectivity index (χ1n) is 11.0. The van der Waals surface area contributed by atoms with Gasteiger partial charge in [0.1, 0.15) is 35.3 Å². The number of carbonyl (C=O) groups is 1. The number of aryl methyl sites for hydroxylation is 1. The van der Waals surface area contributed by atoms with E-state index in [0.29, 0.717) is 28.0 Å². The number of ether oxygens (including phenoxy) is 3. The minimum Gasteiger partial charge on any atom is -0.462 e. The summed E-state index contributed by atoms with van der Waals surface area (Å²) in [5, 5.41) is 24.1. The predicted octanol–water partition coefficient (Wildman–Crippen LogP) is 2.19. The van der Waals surface area contributed by atoms with E-state index in [9.17, 15) is 19.8 Å². The van der Waals surface area contributed by atoms with Crippen LogP contribution in [0.4, 0.5) is 11.4 Å². The maximum absolute atomic E-state index is 12.6. The number of aliphatic hydroxyl groups is 2. The number of rotatable bonds is 5. The lowest BCUT2D eigenvalue weighted by atomic mass is 9.89. The molecule has 10 heteroatoms. The Labute approximate surface area is 201 Å². The summed E-state index contributed by atoms with van der Waals surface area (Å²) in [6.07, 6.45) is -4.55. The fourth-order valence-electron chi connectivity index (χ4n) is 4.18. The molecule has 2 heterocycles. The SMILES string of the molecule is CO[C@@H]1[C@@H](O)[C@@H](O)[C@H](Oc2ccc3cc(NC(=O)c4ccc(N)cc4)c(=O)oc3c2C)OC1(C)C. The third kappa shape index (κ3) is 4.73. The normalized spacial score (nSPS) is 23.7. The van der Waals surface area contributed by atoms with E-state index in [-0.39, 0.29) is 11.3 Å². The molecule has 1 aliphatic rings. The molecule has 186 valence electrons. The summed E-state index contributed by atoms with van der Waals surface area (Å²) >= 11 is 0. The van der Waals surface area contributed by atoms with Crippen LogP contribution >= 0.6 is 0 Å². The Hall–Kier alpha value is -3.44. The molecule has 5 N–H and O–H groups in total. The number of benzene rings is 2. The van der Waals surface area contributed by atoms with Crippen molar-refractivity contribution in [3.05, 3.63) is 64.0 Å². The maximum Gasteiger partial charge on any atom is 0.360 e. The summed E-state index contributed by atoms with van der Waals surface area (Å²) in [4.78, 5) is 25.1. The van der Waals surface area contributed by atoms with Gasteiger partial charge in [0.2, 0.25) is 6.29 Å². The first-order valence-corrected chi connectivity index (χ1v) is 11.0. The second kappa shape index (κ2) is 9.31. The van der Waals surface area contributed by atoms with E-state index < -0.39 is 41.7 Å². The van der Waals surface area contributed by atoms with Crippen LogP contribution < -0.4 is 21.4 Å². The summed E-state index contributed by atoms with van der Waals surface area (Å²) in [6.45, 7) is 5.13. The highest BCUT2D eigenvalue weighted by atomic mass is 16.7. The van der Waals surface area contributed by atoms with Crippen molar-refractivity contribution in [3.63, 3.8) is 0 Å². The molecule has 35 heavy (non-hydrogen) atoms. The fourth-order valence-corrected chi connectivity index (χ4v) is 4.18. The Kier molecular flexibility index (Phi) is 6.56. The summed E-state index contributed by atoms with van der Waals surface area (Å²) in [5.74, 6) is -0.186. The van der Waals surface area contributed by atoms with E-state index >= 15 is 0 Å². The van der Waals surface area contributed by atoms with Crippen molar-refractivity contribution in [2.24, 2.45) is 0 Å². The average molecular weight is 485 g/mol. The molecule has 1 fully saturated rings. The Morgan fingerprint density at radius 2 is 1.80 bits per heavy atom. The number of methoxy groups -OCH3 is 1.